The van der Waals surface area contributed by atoms with Crippen LogP contribution >= 0.6 is 22.6 Å². The van der Waals surface area contributed by atoms with Gasteiger partial charge in [-0.05, 0) is 35.6 Å². The van der Waals surface area contributed by atoms with Crippen molar-refractivity contribution < 1.29 is 0 Å². The lowest BCUT2D eigenvalue weighted by molar-refractivity contribution is 0.367. The van der Waals surface area contributed by atoms with Crippen molar-refractivity contribution in [1.29, 1.82) is 0 Å². The Kier molecular flexibility index (Phi) is 6.85. The van der Waals surface area contributed by atoms with Gasteiger partial charge >= 0.3 is 0 Å². The average Bonchev–Trinajstić information content (AvgIpc) is 1.89. The molecule has 0 saturated heterocycles. The average molecular weight is 255 g/mol. The molecule has 0 amide bonds. The van der Waals surface area contributed by atoms with Crippen molar-refractivity contribution in [1.82, 2.24) is 0 Å². The van der Waals surface area contributed by atoms with Gasteiger partial charge < -0.3 is 5.73 Å². The fraction of sp³-hybridized carbons (Fsp3) is 1.00. The zero-order valence-corrected chi connectivity index (χ0v) is 9.10. The van der Waals surface area contributed by atoms with E-state index in [2.05, 4.69) is 36.4 Å². The van der Waals surface area contributed by atoms with Crippen molar-refractivity contribution in [3.8, 4) is 0 Å². The molecule has 0 aliphatic heterocycles. The molecule has 0 spiro atoms. The van der Waals surface area contributed by atoms with Gasteiger partial charge in [0.15, 0.2) is 0 Å². The van der Waals surface area contributed by atoms with Crippen LogP contribution < -0.4 is 5.73 Å². The van der Waals surface area contributed by atoms with Crippen LogP contribution in [-0.4, -0.2) is 11.0 Å². The summed E-state index contributed by atoms with van der Waals surface area (Å²) >= 11 is 2.42. The van der Waals surface area contributed by atoms with E-state index in [4.69, 9.17) is 5.73 Å². The summed E-state index contributed by atoms with van der Waals surface area (Å²) in [6, 6.07) is 0. The zero-order chi connectivity index (χ0) is 7.98. The summed E-state index contributed by atoms with van der Waals surface area (Å²) in [6.45, 7) is 5.36. The van der Waals surface area contributed by atoms with Gasteiger partial charge in [-0.2, -0.15) is 0 Å². The Morgan fingerprint density at radius 1 is 1.40 bits per heavy atom. The monoisotopic (exact) mass is 255 g/mol. The first-order valence-corrected chi connectivity index (χ1v) is 5.51. The second-order valence-corrected chi connectivity index (χ2v) is 4.15. The zero-order valence-electron chi connectivity index (χ0n) is 6.94. The molecule has 0 heterocycles. The highest BCUT2D eigenvalue weighted by Gasteiger charge is 2.09. The van der Waals surface area contributed by atoms with E-state index in [1.165, 1.54) is 17.3 Å². The van der Waals surface area contributed by atoms with Crippen LogP contribution in [0.2, 0.25) is 0 Å². The first-order valence-electron chi connectivity index (χ1n) is 3.98. The Balaban J connectivity index is 3.40. The van der Waals surface area contributed by atoms with Crippen molar-refractivity contribution in [3.05, 3.63) is 0 Å². The molecule has 62 valence electrons. The van der Waals surface area contributed by atoms with Crippen LogP contribution in [-0.2, 0) is 0 Å². The van der Waals surface area contributed by atoms with Crippen molar-refractivity contribution in [2.45, 2.75) is 26.7 Å². The molecule has 0 aromatic carbocycles. The Labute approximate surface area is 77.9 Å². The van der Waals surface area contributed by atoms with Crippen LogP contribution in [0, 0.1) is 11.8 Å². The predicted octanol–water partition coefficient (Wildman–Crippen LogP) is 2.43. The SMILES string of the molecule is CC(C)C(CN)CCCI. The number of hydrogen-bond acceptors (Lipinski definition) is 1. The molecule has 0 bridgehead atoms. The molecule has 1 unspecified atom stereocenters. The van der Waals surface area contributed by atoms with Crippen LogP contribution in [0.4, 0.5) is 0 Å². The Bertz CT molecular complexity index is 73.7. The van der Waals surface area contributed by atoms with E-state index in [-0.39, 0.29) is 0 Å². The van der Waals surface area contributed by atoms with E-state index in [0.29, 0.717) is 0 Å². The van der Waals surface area contributed by atoms with Crippen LogP contribution in [0.3, 0.4) is 0 Å². The fourth-order valence-corrected chi connectivity index (χ4v) is 1.50. The summed E-state index contributed by atoms with van der Waals surface area (Å²) in [5, 5.41) is 0. The Morgan fingerprint density at radius 3 is 2.30 bits per heavy atom. The number of hydrogen-bond donors (Lipinski definition) is 1. The lowest BCUT2D eigenvalue weighted by atomic mass is 9.92. The molecule has 10 heavy (non-hydrogen) atoms. The second-order valence-electron chi connectivity index (χ2n) is 3.07. The van der Waals surface area contributed by atoms with Gasteiger partial charge in [0.05, 0.1) is 0 Å². The topological polar surface area (TPSA) is 26.0 Å². The minimum absolute atomic E-state index is 0.745. The van der Waals surface area contributed by atoms with Gasteiger partial charge in [-0.3, -0.25) is 0 Å². The van der Waals surface area contributed by atoms with E-state index in [1.807, 2.05) is 0 Å². The molecule has 2 heteroatoms. The molecule has 0 saturated carbocycles. The number of rotatable bonds is 5. The van der Waals surface area contributed by atoms with E-state index in [1.54, 1.807) is 0 Å². The predicted molar refractivity (Wildman–Crippen MR) is 55.5 cm³/mol. The van der Waals surface area contributed by atoms with Gasteiger partial charge in [0, 0.05) is 0 Å². The largest absolute Gasteiger partial charge is 0.330 e. The minimum atomic E-state index is 0.745. The van der Waals surface area contributed by atoms with Gasteiger partial charge in [0.2, 0.25) is 0 Å². The van der Waals surface area contributed by atoms with Crippen LogP contribution in [0.25, 0.3) is 0 Å². The summed E-state index contributed by atoms with van der Waals surface area (Å²) in [6.07, 6.45) is 2.62. The van der Waals surface area contributed by atoms with Crippen molar-refractivity contribution in [2.75, 3.05) is 11.0 Å². The highest BCUT2D eigenvalue weighted by Crippen LogP contribution is 2.15. The third-order valence-corrected chi connectivity index (χ3v) is 2.72. The molecular weight excluding hydrogens is 237 g/mol. The lowest BCUT2D eigenvalue weighted by Gasteiger charge is -2.17. The standard InChI is InChI=1S/C8H18IN/c1-7(2)8(6-10)4-3-5-9/h7-8H,3-6,10H2,1-2H3. The highest BCUT2D eigenvalue weighted by molar-refractivity contribution is 14.1. The quantitative estimate of drug-likeness (QED) is 0.592. The van der Waals surface area contributed by atoms with Gasteiger partial charge in [0.1, 0.15) is 0 Å². The summed E-state index contributed by atoms with van der Waals surface area (Å²) in [5.74, 6) is 1.50. The Hall–Kier alpha value is 0.690. The summed E-state index contributed by atoms with van der Waals surface area (Å²) in [4.78, 5) is 0. The molecule has 0 aliphatic rings. The summed E-state index contributed by atoms with van der Waals surface area (Å²) in [7, 11) is 0. The molecular formula is C8H18IN. The maximum Gasteiger partial charge on any atom is -0.000462 e. The molecule has 0 fully saturated rings. The fourth-order valence-electron chi connectivity index (χ4n) is 1.06. The van der Waals surface area contributed by atoms with Crippen molar-refractivity contribution in [2.24, 2.45) is 17.6 Å². The third kappa shape index (κ3) is 4.50. The molecule has 1 atom stereocenters. The van der Waals surface area contributed by atoms with Crippen molar-refractivity contribution in [3.63, 3.8) is 0 Å². The van der Waals surface area contributed by atoms with E-state index < -0.39 is 0 Å². The normalized spacial score (nSPS) is 14.1. The Morgan fingerprint density at radius 2 is 2.00 bits per heavy atom. The number of alkyl halides is 1. The maximum atomic E-state index is 5.61. The first kappa shape index (κ1) is 10.7. The van der Waals surface area contributed by atoms with Gasteiger partial charge in [-0.1, -0.05) is 36.4 Å². The molecule has 1 nitrogen and oxygen atoms in total. The smallest absolute Gasteiger partial charge is 0.000462 e. The van der Waals surface area contributed by atoms with E-state index >= 15 is 0 Å². The molecule has 0 aromatic rings. The van der Waals surface area contributed by atoms with Gasteiger partial charge in [-0.15, -0.1) is 0 Å². The summed E-state index contributed by atoms with van der Waals surface area (Å²) < 4.78 is 1.26. The van der Waals surface area contributed by atoms with Gasteiger partial charge in [0.25, 0.3) is 0 Å². The third-order valence-electron chi connectivity index (χ3n) is 1.95. The minimum Gasteiger partial charge on any atom is -0.330 e. The number of nitrogens with two attached hydrogens (primary N) is 1. The molecule has 2 N–H and O–H groups in total. The van der Waals surface area contributed by atoms with Crippen LogP contribution in [0.15, 0.2) is 0 Å². The lowest BCUT2D eigenvalue weighted by Crippen LogP contribution is -2.19. The summed E-state index contributed by atoms with van der Waals surface area (Å²) in [5.41, 5.74) is 5.61. The molecule has 0 aromatic heterocycles. The highest BCUT2D eigenvalue weighted by atomic mass is 127. The van der Waals surface area contributed by atoms with E-state index in [0.717, 1.165) is 18.4 Å². The maximum absolute atomic E-state index is 5.61. The van der Waals surface area contributed by atoms with Crippen LogP contribution in [0.1, 0.15) is 26.7 Å². The molecule has 0 rings (SSSR count). The van der Waals surface area contributed by atoms with E-state index in [9.17, 15) is 0 Å². The van der Waals surface area contributed by atoms with Crippen LogP contribution in [0.5, 0.6) is 0 Å². The van der Waals surface area contributed by atoms with Gasteiger partial charge in [-0.25, -0.2) is 0 Å². The second kappa shape index (κ2) is 6.40. The van der Waals surface area contributed by atoms with Crippen molar-refractivity contribution >= 4 is 22.6 Å². The number of halogens is 1. The molecule has 0 aliphatic carbocycles. The first-order chi connectivity index (χ1) is 4.72. The molecule has 0 radical (unpaired) electrons.